The van der Waals surface area contributed by atoms with Crippen molar-refractivity contribution in [1.82, 2.24) is 29.9 Å². The summed E-state index contributed by atoms with van der Waals surface area (Å²) in [7, 11) is 0. The Hall–Kier alpha value is -4.57. The fourth-order valence-corrected chi connectivity index (χ4v) is 5.71. The summed E-state index contributed by atoms with van der Waals surface area (Å²) in [5.74, 6) is 5.15. The molecule has 1 aliphatic heterocycles. The fraction of sp³-hybridized carbons (Fsp3) is 0.300. The molecule has 10 heteroatoms. The van der Waals surface area contributed by atoms with Crippen molar-refractivity contribution >= 4 is 23.2 Å². The molecule has 3 aromatic heterocycles. The van der Waals surface area contributed by atoms with E-state index in [0.29, 0.717) is 23.3 Å². The van der Waals surface area contributed by atoms with Gasteiger partial charge in [-0.05, 0) is 39.2 Å². The number of nitrogens with two attached hydrogens (primary N) is 2. The number of rotatable bonds is 8. The normalized spacial score (nSPS) is 17.9. The second kappa shape index (κ2) is 11.3. The van der Waals surface area contributed by atoms with Gasteiger partial charge in [-0.3, -0.25) is 20.4 Å². The van der Waals surface area contributed by atoms with E-state index in [2.05, 4.69) is 15.5 Å². The molecule has 3 unspecified atom stereocenters. The van der Waals surface area contributed by atoms with Crippen LogP contribution in [0.2, 0.25) is 0 Å². The number of Topliss-reactive ketones (excluding diaryl/α,β-unsaturated/α-hetero) is 1. The van der Waals surface area contributed by atoms with Crippen LogP contribution in [0.25, 0.3) is 28.0 Å². The quantitative estimate of drug-likeness (QED) is 0.132. The first kappa shape index (κ1) is 27.0. The van der Waals surface area contributed by atoms with Crippen LogP contribution < -0.4 is 17.0 Å². The number of amides is 1. The minimum atomic E-state index is -0.177. The maximum atomic E-state index is 12.9. The molecule has 206 valence electrons. The fourth-order valence-electron chi connectivity index (χ4n) is 5.71. The summed E-state index contributed by atoms with van der Waals surface area (Å²) in [5.41, 5.74) is 14.0. The molecule has 0 spiro atoms. The zero-order valence-corrected chi connectivity index (χ0v) is 22.9. The minimum Gasteiger partial charge on any atom is -0.383 e. The van der Waals surface area contributed by atoms with Crippen molar-refractivity contribution in [3.63, 3.8) is 0 Å². The van der Waals surface area contributed by atoms with Crippen LogP contribution in [0.4, 0.5) is 5.82 Å². The molecule has 0 saturated carbocycles. The van der Waals surface area contributed by atoms with Gasteiger partial charge in [0.15, 0.2) is 11.4 Å². The molecule has 10 nitrogen and oxygen atoms in total. The summed E-state index contributed by atoms with van der Waals surface area (Å²) in [6.45, 7) is 5.56. The molecule has 4 heterocycles. The van der Waals surface area contributed by atoms with E-state index >= 15 is 0 Å². The lowest BCUT2D eigenvalue weighted by Crippen LogP contribution is -2.40. The van der Waals surface area contributed by atoms with E-state index in [1.165, 1.54) is 23.7 Å². The first-order valence-corrected chi connectivity index (χ1v) is 13.4. The number of likely N-dealkylation sites (tertiary alicyclic amines) is 1. The molecule has 1 amide bonds. The monoisotopic (exact) mass is 538 g/mol. The van der Waals surface area contributed by atoms with Crippen LogP contribution in [0.3, 0.4) is 0 Å². The van der Waals surface area contributed by atoms with Gasteiger partial charge in [-0.15, -0.1) is 0 Å². The van der Waals surface area contributed by atoms with Crippen LogP contribution in [0.15, 0.2) is 67.1 Å². The highest BCUT2D eigenvalue weighted by atomic mass is 16.2. The highest BCUT2D eigenvalue weighted by Gasteiger charge is 2.35. The van der Waals surface area contributed by atoms with Crippen LogP contribution in [-0.4, -0.2) is 48.3 Å². The van der Waals surface area contributed by atoms with Gasteiger partial charge in [0.2, 0.25) is 5.91 Å². The molecule has 0 aliphatic carbocycles. The summed E-state index contributed by atoms with van der Waals surface area (Å²) < 4.78 is 1.52. The lowest BCUT2D eigenvalue weighted by atomic mass is 9.92. The number of fused-ring (bicyclic) bond motifs is 1. The van der Waals surface area contributed by atoms with Crippen LogP contribution in [0, 0.1) is 0 Å². The molecule has 1 fully saturated rings. The van der Waals surface area contributed by atoms with E-state index in [1.54, 1.807) is 12.4 Å². The Labute approximate surface area is 233 Å². The van der Waals surface area contributed by atoms with E-state index in [-0.39, 0.29) is 35.5 Å². The molecular formula is C30H34N8O2. The molecule has 0 bridgehead atoms. The van der Waals surface area contributed by atoms with E-state index in [0.717, 1.165) is 35.2 Å². The molecule has 1 aliphatic rings. The third-order valence-corrected chi connectivity index (χ3v) is 7.66. The molecule has 40 heavy (non-hydrogen) atoms. The number of nitrogen functional groups attached to an aromatic ring is 1. The number of benzene rings is 1. The number of nitrogens with zero attached hydrogens (tertiary/aromatic N) is 5. The number of carbonyl (C=O) groups is 2. The molecule has 3 atom stereocenters. The van der Waals surface area contributed by atoms with Gasteiger partial charge < -0.3 is 16.1 Å². The van der Waals surface area contributed by atoms with Gasteiger partial charge in [-0.2, -0.15) is 9.61 Å². The molecule has 1 saturated heterocycles. The van der Waals surface area contributed by atoms with Gasteiger partial charge in [0, 0.05) is 53.2 Å². The van der Waals surface area contributed by atoms with Crippen LogP contribution in [0.1, 0.15) is 62.0 Å². The summed E-state index contributed by atoms with van der Waals surface area (Å²) in [6, 6.07) is 14.0. The number of pyridine rings is 1. The molecule has 4 aromatic rings. The average Bonchev–Trinajstić information content (AvgIpc) is 3.55. The predicted molar refractivity (Wildman–Crippen MR) is 155 cm³/mol. The zero-order valence-electron chi connectivity index (χ0n) is 22.9. The highest BCUT2D eigenvalue weighted by molar-refractivity contribution is 6.00. The average molecular weight is 539 g/mol. The van der Waals surface area contributed by atoms with E-state index in [4.69, 9.17) is 16.6 Å². The van der Waals surface area contributed by atoms with E-state index in [9.17, 15) is 9.59 Å². The first-order valence-electron chi connectivity index (χ1n) is 13.4. The Morgan fingerprint density at radius 3 is 2.58 bits per heavy atom. The summed E-state index contributed by atoms with van der Waals surface area (Å²) in [5, 5.41) is 4.47. The van der Waals surface area contributed by atoms with Crippen LogP contribution in [0.5, 0.6) is 0 Å². The number of anilines is 1. The molecule has 0 radical (unpaired) electrons. The first-order chi connectivity index (χ1) is 19.3. The standard InChI is InChI=1S/C30H34N8O2/c1-18(15-23-11-9-19(2)37(23)26(40)13-14-34-32)28-27(20(3)39)29(31)38-30(36-28)24(17-35-38)22-10-12-25(33-16-22)21-7-5-4-6-8-21/h4-8,10,12-14,16-19,23,34H,9,11,15,31-32H2,1-3H3/b14-13+. The Balaban J connectivity index is 1.51. The smallest absolute Gasteiger partial charge is 0.248 e. The Kier molecular flexibility index (Phi) is 7.61. The third-order valence-electron chi connectivity index (χ3n) is 7.66. The van der Waals surface area contributed by atoms with E-state index in [1.807, 2.05) is 61.2 Å². The van der Waals surface area contributed by atoms with Gasteiger partial charge >= 0.3 is 0 Å². The number of hydrogen-bond acceptors (Lipinski definition) is 8. The summed E-state index contributed by atoms with van der Waals surface area (Å²) in [6.07, 6.45) is 8.78. The number of ketones is 1. The van der Waals surface area contributed by atoms with Gasteiger partial charge in [-0.25, -0.2) is 4.98 Å². The van der Waals surface area contributed by atoms with Crippen molar-refractivity contribution in [3.05, 3.63) is 78.4 Å². The predicted octanol–water partition coefficient (Wildman–Crippen LogP) is 4.09. The van der Waals surface area contributed by atoms with Crippen molar-refractivity contribution in [2.45, 2.75) is 58.0 Å². The van der Waals surface area contributed by atoms with Gasteiger partial charge in [0.1, 0.15) is 5.82 Å². The Morgan fingerprint density at radius 2 is 1.90 bits per heavy atom. The SMILES string of the molecule is CC(=O)c1c(C(C)CC2CCC(C)N2C(=O)/C=C/NN)nc2c(-c3ccc(-c4ccccc4)nc3)cnn2c1N. The summed E-state index contributed by atoms with van der Waals surface area (Å²) in [4.78, 5) is 37.2. The van der Waals surface area contributed by atoms with Crippen molar-refractivity contribution in [2.75, 3.05) is 5.73 Å². The van der Waals surface area contributed by atoms with Crippen molar-refractivity contribution in [3.8, 4) is 22.4 Å². The van der Waals surface area contributed by atoms with Gasteiger partial charge in [-0.1, -0.05) is 43.3 Å². The number of carbonyl (C=O) groups excluding carboxylic acids is 2. The number of hydrazine groups is 1. The Morgan fingerprint density at radius 1 is 1.12 bits per heavy atom. The maximum Gasteiger partial charge on any atom is 0.248 e. The second-order valence-electron chi connectivity index (χ2n) is 10.4. The van der Waals surface area contributed by atoms with Crippen LogP contribution in [-0.2, 0) is 4.79 Å². The second-order valence-corrected chi connectivity index (χ2v) is 10.4. The topological polar surface area (TPSA) is 145 Å². The largest absolute Gasteiger partial charge is 0.383 e. The van der Waals surface area contributed by atoms with Crippen molar-refractivity contribution < 1.29 is 9.59 Å². The van der Waals surface area contributed by atoms with Gasteiger partial charge in [0.05, 0.1) is 23.1 Å². The zero-order chi connectivity index (χ0) is 28.4. The lowest BCUT2D eigenvalue weighted by Gasteiger charge is -2.30. The molecule has 1 aromatic carbocycles. The minimum absolute atomic E-state index is 0.00176. The van der Waals surface area contributed by atoms with Crippen molar-refractivity contribution in [1.29, 1.82) is 0 Å². The number of hydrogen-bond donors (Lipinski definition) is 3. The van der Waals surface area contributed by atoms with Crippen molar-refractivity contribution in [2.24, 2.45) is 5.84 Å². The third kappa shape index (κ3) is 5.05. The molecule has 5 N–H and O–H groups in total. The number of nitrogens with one attached hydrogen (secondary N) is 1. The van der Waals surface area contributed by atoms with Crippen LogP contribution >= 0.6 is 0 Å². The molecule has 5 rings (SSSR count). The number of aromatic nitrogens is 4. The summed E-state index contributed by atoms with van der Waals surface area (Å²) >= 11 is 0. The van der Waals surface area contributed by atoms with E-state index < -0.39 is 0 Å². The molecular weight excluding hydrogens is 504 g/mol. The maximum absolute atomic E-state index is 12.9. The highest BCUT2D eigenvalue weighted by Crippen LogP contribution is 2.36. The van der Waals surface area contributed by atoms with Gasteiger partial charge in [0.25, 0.3) is 0 Å². The Bertz CT molecular complexity index is 1560. The lowest BCUT2D eigenvalue weighted by molar-refractivity contribution is -0.128.